The molecule has 1 aliphatic carbocycles. The molecule has 2 fully saturated rings. The molecule has 0 radical (unpaired) electrons. The summed E-state index contributed by atoms with van der Waals surface area (Å²) in [5.41, 5.74) is 6.59. The van der Waals surface area contributed by atoms with Crippen LogP contribution in [0.5, 0.6) is 11.5 Å². The van der Waals surface area contributed by atoms with E-state index in [9.17, 15) is 14.4 Å². The summed E-state index contributed by atoms with van der Waals surface area (Å²) in [5.74, 6) is 0.776. The predicted octanol–water partition coefficient (Wildman–Crippen LogP) is 4.03. The molecule has 208 valence electrons. The average Bonchev–Trinajstić information content (AvgIpc) is 3.61. The van der Waals surface area contributed by atoms with Gasteiger partial charge in [-0.3, -0.25) is 19.8 Å². The molecule has 3 aromatic rings. The highest BCUT2D eigenvalue weighted by Crippen LogP contribution is 2.40. The first-order valence-electron chi connectivity index (χ1n) is 13.5. The smallest absolute Gasteiger partial charge is 0.251 e. The summed E-state index contributed by atoms with van der Waals surface area (Å²) in [5, 5.41) is 15.1. The molecule has 10 heteroatoms. The van der Waals surface area contributed by atoms with Crippen LogP contribution in [0.4, 0.5) is 0 Å². The molecule has 3 atom stereocenters. The van der Waals surface area contributed by atoms with Crippen molar-refractivity contribution in [2.45, 2.75) is 50.7 Å². The van der Waals surface area contributed by atoms with Crippen LogP contribution in [0.15, 0.2) is 66.0 Å². The van der Waals surface area contributed by atoms with Crippen LogP contribution in [0.25, 0.3) is 0 Å². The molecular weight excluding hydrogens is 526 g/mol. The fourth-order valence-corrected chi connectivity index (χ4v) is 6.43. The molecule has 2 aromatic carbocycles. The van der Waals surface area contributed by atoms with E-state index in [0.717, 1.165) is 30.6 Å². The number of amides is 3. The second-order valence-electron chi connectivity index (χ2n) is 10.2. The minimum absolute atomic E-state index is 0.00868. The second kappa shape index (κ2) is 12.3. The monoisotopic (exact) mass is 559 g/mol. The Kier molecular flexibility index (Phi) is 8.45. The van der Waals surface area contributed by atoms with Crippen LogP contribution in [-0.4, -0.2) is 47.1 Å². The number of nitrogen functional groups attached to an aromatic ring is 1. The lowest BCUT2D eigenvalue weighted by molar-refractivity contribution is -0.140. The number of carbonyl (C=O) groups excluding carboxylic acids is 3. The number of amidine groups is 1. The Balaban J connectivity index is 1.19. The Morgan fingerprint density at radius 3 is 2.42 bits per heavy atom. The average molecular weight is 560 g/mol. The van der Waals surface area contributed by atoms with Crippen molar-refractivity contribution in [2.24, 2.45) is 11.7 Å². The molecule has 3 unspecified atom stereocenters. The van der Waals surface area contributed by atoms with Gasteiger partial charge in [0.15, 0.2) is 0 Å². The number of fused-ring (bicyclic) bond motifs is 1. The highest BCUT2D eigenvalue weighted by Gasteiger charge is 2.47. The number of likely N-dealkylation sites (tertiary alicyclic amines) is 1. The van der Waals surface area contributed by atoms with E-state index in [1.807, 2.05) is 30.3 Å². The molecule has 1 aromatic heterocycles. The number of hydrogen-bond acceptors (Lipinski definition) is 6. The first kappa shape index (κ1) is 27.4. The van der Waals surface area contributed by atoms with Crippen molar-refractivity contribution in [3.05, 3.63) is 82.0 Å². The van der Waals surface area contributed by atoms with E-state index < -0.39 is 6.04 Å². The van der Waals surface area contributed by atoms with Gasteiger partial charge in [0.1, 0.15) is 23.4 Å². The predicted molar refractivity (Wildman–Crippen MR) is 153 cm³/mol. The number of nitrogens with zero attached hydrogens (tertiary/aromatic N) is 1. The third kappa shape index (κ3) is 6.34. The first-order chi connectivity index (χ1) is 19.4. The summed E-state index contributed by atoms with van der Waals surface area (Å²) in [4.78, 5) is 42.1. The largest absolute Gasteiger partial charge is 0.457 e. The van der Waals surface area contributed by atoms with Crippen molar-refractivity contribution in [3.8, 4) is 11.5 Å². The third-order valence-electron chi connectivity index (χ3n) is 7.58. The molecule has 1 saturated carbocycles. The molecule has 40 heavy (non-hydrogen) atoms. The van der Waals surface area contributed by atoms with Gasteiger partial charge in [-0.15, -0.1) is 11.3 Å². The number of nitrogens with two attached hydrogens (primary N) is 1. The van der Waals surface area contributed by atoms with Crippen molar-refractivity contribution in [2.75, 3.05) is 6.54 Å². The van der Waals surface area contributed by atoms with Gasteiger partial charge in [-0.25, -0.2) is 0 Å². The van der Waals surface area contributed by atoms with Gasteiger partial charge in [0.25, 0.3) is 5.91 Å². The highest BCUT2D eigenvalue weighted by molar-refractivity contribution is 7.10. The van der Waals surface area contributed by atoms with Crippen LogP contribution < -0.4 is 21.1 Å². The van der Waals surface area contributed by atoms with Crippen LogP contribution in [-0.2, 0) is 16.1 Å². The van der Waals surface area contributed by atoms with E-state index >= 15 is 0 Å². The number of para-hydroxylation sites is 1. The summed E-state index contributed by atoms with van der Waals surface area (Å²) in [7, 11) is 0. The van der Waals surface area contributed by atoms with Gasteiger partial charge < -0.3 is 26.0 Å². The van der Waals surface area contributed by atoms with E-state index in [0.29, 0.717) is 35.6 Å². The maximum Gasteiger partial charge on any atom is 0.251 e. The van der Waals surface area contributed by atoms with Crippen molar-refractivity contribution >= 4 is 34.9 Å². The number of carbonyl (C=O) groups is 3. The Morgan fingerprint density at radius 2 is 1.70 bits per heavy atom. The minimum atomic E-state index is -0.570. The molecule has 0 bridgehead atoms. The number of nitrogens with one attached hydrogen (secondary N) is 3. The Morgan fingerprint density at radius 1 is 0.975 bits per heavy atom. The number of thiophene rings is 1. The molecule has 0 spiro atoms. The lowest BCUT2D eigenvalue weighted by atomic mass is 9.84. The van der Waals surface area contributed by atoms with Crippen molar-refractivity contribution in [1.82, 2.24) is 15.5 Å². The van der Waals surface area contributed by atoms with Crippen molar-refractivity contribution < 1.29 is 19.1 Å². The number of ether oxygens (including phenoxy) is 1. The molecular formula is C30H33N5O4S. The lowest BCUT2D eigenvalue weighted by Gasteiger charge is -2.33. The zero-order chi connectivity index (χ0) is 28.1. The van der Waals surface area contributed by atoms with Gasteiger partial charge in [-0.2, -0.15) is 0 Å². The molecule has 2 aliphatic rings. The number of hydrogen-bond donors (Lipinski definition) is 4. The summed E-state index contributed by atoms with van der Waals surface area (Å²) in [6, 6.07) is 17.3. The van der Waals surface area contributed by atoms with Gasteiger partial charge in [0.05, 0.1) is 13.1 Å². The Hall–Kier alpha value is -4.18. The fourth-order valence-electron chi connectivity index (χ4n) is 5.61. The van der Waals surface area contributed by atoms with E-state index in [1.165, 1.54) is 11.3 Å². The van der Waals surface area contributed by atoms with Crippen LogP contribution in [0.2, 0.25) is 0 Å². The molecule has 5 rings (SSSR count). The van der Waals surface area contributed by atoms with Crippen molar-refractivity contribution in [1.29, 1.82) is 5.41 Å². The van der Waals surface area contributed by atoms with E-state index in [1.54, 1.807) is 40.6 Å². The van der Waals surface area contributed by atoms with E-state index in [2.05, 4.69) is 10.6 Å². The minimum Gasteiger partial charge on any atom is -0.457 e. The van der Waals surface area contributed by atoms with Crippen LogP contribution >= 0.6 is 11.3 Å². The molecule has 5 N–H and O–H groups in total. The van der Waals surface area contributed by atoms with Crippen LogP contribution in [0.1, 0.15) is 52.9 Å². The van der Waals surface area contributed by atoms with Crippen molar-refractivity contribution in [3.63, 3.8) is 0 Å². The van der Waals surface area contributed by atoms with Gasteiger partial charge in [-0.1, -0.05) is 31.0 Å². The lowest BCUT2D eigenvalue weighted by Crippen LogP contribution is -2.52. The van der Waals surface area contributed by atoms with Crippen LogP contribution in [0, 0.1) is 11.3 Å². The van der Waals surface area contributed by atoms with E-state index in [-0.39, 0.29) is 42.1 Å². The molecule has 2 heterocycles. The number of benzene rings is 2. The number of rotatable bonds is 9. The standard InChI is InChI=1S/C30H33N5O4S/c31-28(32)21-14-24(40-18-21)16-33-30(38)26-15-20-6-4-5-9-25(20)35(26)27(36)17-34-29(37)19-10-12-23(13-11-19)39-22-7-2-1-3-8-22/h1-3,7-8,10-14,18,20,25-26H,4-6,9,15-17H2,(H3,31,32)(H,33,38)(H,34,37). The zero-order valence-corrected chi connectivity index (χ0v) is 22.9. The Bertz CT molecular complexity index is 1370. The molecule has 9 nitrogen and oxygen atoms in total. The normalized spacial score (nSPS) is 19.9. The van der Waals surface area contributed by atoms with Gasteiger partial charge in [-0.05, 0) is 67.6 Å². The third-order valence-corrected chi connectivity index (χ3v) is 8.51. The quantitative estimate of drug-likeness (QED) is 0.232. The molecule has 3 amide bonds. The maximum atomic E-state index is 13.4. The molecule has 1 saturated heterocycles. The zero-order valence-electron chi connectivity index (χ0n) is 22.1. The van der Waals surface area contributed by atoms with Gasteiger partial charge in [0, 0.05) is 27.4 Å². The second-order valence-corrected chi connectivity index (χ2v) is 11.2. The Labute approximate surface area is 237 Å². The summed E-state index contributed by atoms with van der Waals surface area (Å²) < 4.78 is 5.78. The first-order valence-corrected chi connectivity index (χ1v) is 14.4. The van der Waals surface area contributed by atoms with Crippen LogP contribution in [0.3, 0.4) is 0 Å². The SMILES string of the molecule is N=C(N)c1csc(CNC(=O)C2CC3CCCCC3N2C(=O)CNC(=O)c2ccc(Oc3ccccc3)cc2)c1. The molecule has 1 aliphatic heterocycles. The van der Waals surface area contributed by atoms with Gasteiger partial charge in [0.2, 0.25) is 11.8 Å². The topological polar surface area (TPSA) is 138 Å². The summed E-state index contributed by atoms with van der Waals surface area (Å²) >= 11 is 1.43. The fraction of sp³-hybridized carbons (Fsp3) is 0.333. The highest BCUT2D eigenvalue weighted by atomic mass is 32.1. The summed E-state index contributed by atoms with van der Waals surface area (Å²) in [6.45, 7) is 0.131. The van der Waals surface area contributed by atoms with E-state index in [4.69, 9.17) is 15.9 Å². The summed E-state index contributed by atoms with van der Waals surface area (Å²) in [6.07, 6.45) is 4.61. The van der Waals surface area contributed by atoms with Gasteiger partial charge >= 0.3 is 0 Å². The maximum absolute atomic E-state index is 13.4.